The smallest absolute Gasteiger partial charge is 0.444 e. The van der Waals surface area contributed by atoms with Crippen LogP contribution in [-0.2, 0) is 4.74 Å². The van der Waals surface area contributed by atoms with Crippen molar-refractivity contribution in [1.29, 1.82) is 0 Å². The molecule has 1 aromatic heterocycles. The number of fused-ring (bicyclic) bond motifs is 1. The van der Waals surface area contributed by atoms with Crippen LogP contribution in [0.5, 0.6) is 5.75 Å². The molecule has 1 aliphatic rings. The summed E-state index contributed by atoms with van der Waals surface area (Å²) in [5.41, 5.74) is -0.923. The van der Waals surface area contributed by atoms with E-state index in [4.69, 9.17) is 16.3 Å². The van der Waals surface area contributed by atoms with Crippen LogP contribution >= 0.6 is 27.5 Å². The maximum absolute atomic E-state index is 14.8. The third-order valence-electron chi connectivity index (χ3n) is 4.57. The fourth-order valence-electron chi connectivity index (χ4n) is 3.32. The molecule has 1 aliphatic heterocycles. The zero-order chi connectivity index (χ0) is 24.0. The predicted octanol–water partition coefficient (Wildman–Crippen LogP) is 5.53. The van der Waals surface area contributed by atoms with Crippen LogP contribution in [0, 0.1) is 5.82 Å². The molecule has 7 nitrogen and oxygen atoms in total. The first kappa shape index (κ1) is 24.6. The molecular weight excluding hydrogens is 524 g/mol. The molecule has 0 spiro atoms. The van der Waals surface area contributed by atoms with E-state index in [2.05, 4.69) is 30.6 Å². The van der Waals surface area contributed by atoms with Gasteiger partial charge in [-0.25, -0.2) is 14.2 Å². The van der Waals surface area contributed by atoms with Crippen LogP contribution in [0.4, 0.5) is 28.2 Å². The molecule has 2 aromatic rings. The molecule has 176 valence electrons. The Morgan fingerprint density at radius 1 is 1.25 bits per heavy atom. The minimum atomic E-state index is -5.02. The minimum absolute atomic E-state index is 0.00716. The topological polar surface area (TPSA) is 67.8 Å². The van der Waals surface area contributed by atoms with Crippen LogP contribution in [0.1, 0.15) is 27.7 Å². The van der Waals surface area contributed by atoms with Crippen molar-refractivity contribution in [1.82, 2.24) is 14.9 Å². The molecule has 1 unspecified atom stereocenters. The normalized spacial score (nSPS) is 17.6. The molecule has 1 aromatic carbocycles. The number of benzene rings is 1. The standard InChI is InChI=1S/C19H20BrClF4N4O3/c1-9-8-28(5-6-29(9)17(30)32-18(2,3)4)15-10-7-11(31-19(23,24)25)12(20)13(22)14(10)26-16(21)27-15/h7,9H,5-6,8H2,1-4H3. The summed E-state index contributed by atoms with van der Waals surface area (Å²) in [7, 11) is 0. The van der Waals surface area contributed by atoms with E-state index in [0.717, 1.165) is 6.07 Å². The highest BCUT2D eigenvalue weighted by Crippen LogP contribution is 2.39. The minimum Gasteiger partial charge on any atom is -0.444 e. The van der Waals surface area contributed by atoms with E-state index in [1.54, 1.807) is 37.5 Å². The van der Waals surface area contributed by atoms with Crippen LogP contribution in [0.3, 0.4) is 0 Å². The van der Waals surface area contributed by atoms with E-state index >= 15 is 0 Å². The molecule has 0 N–H and O–H groups in total. The van der Waals surface area contributed by atoms with Gasteiger partial charge in [0.2, 0.25) is 5.28 Å². The van der Waals surface area contributed by atoms with Gasteiger partial charge in [-0.2, -0.15) is 4.98 Å². The lowest BCUT2D eigenvalue weighted by Crippen LogP contribution is -2.55. The zero-order valence-corrected chi connectivity index (χ0v) is 19.9. The van der Waals surface area contributed by atoms with E-state index < -0.39 is 34.1 Å². The summed E-state index contributed by atoms with van der Waals surface area (Å²) in [6.45, 7) is 7.84. The predicted molar refractivity (Wildman–Crippen MR) is 114 cm³/mol. The van der Waals surface area contributed by atoms with Gasteiger partial charge in [-0.3, -0.25) is 0 Å². The molecule has 32 heavy (non-hydrogen) atoms. The number of carbonyl (C=O) groups is 1. The Morgan fingerprint density at radius 3 is 2.47 bits per heavy atom. The maximum Gasteiger partial charge on any atom is 0.573 e. The molecule has 1 saturated heterocycles. The first-order chi connectivity index (χ1) is 14.7. The number of halogens is 6. The van der Waals surface area contributed by atoms with Gasteiger partial charge in [0.25, 0.3) is 0 Å². The van der Waals surface area contributed by atoms with Gasteiger partial charge in [0, 0.05) is 31.1 Å². The maximum atomic E-state index is 14.8. The Bertz CT molecular complexity index is 1050. The number of ether oxygens (including phenoxy) is 2. The number of aromatic nitrogens is 2. The average Bonchev–Trinajstić information content (AvgIpc) is 2.63. The Kier molecular flexibility index (Phi) is 6.67. The summed E-state index contributed by atoms with van der Waals surface area (Å²) >= 11 is 8.76. The molecule has 0 radical (unpaired) electrons. The molecule has 13 heteroatoms. The zero-order valence-electron chi connectivity index (χ0n) is 17.6. The highest BCUT2D eigenvalue weighted by molar-refractivity contribution is 9.10. The Labute approximate surface area is 194 Å². The van der Waals surface area contributed by atoms with Gasteiger partial charge in [0.05, 0.1) is 4.47 Å². The monoisotopic (exact) mass is 542 g/mol. The van der Waals surface area contributed by atoms with Gasteiger partial charge in [-0.15, -0.1) is 13.2 Å². The van der Waals surface area contributed by atoms with Crippen molar-refractivity contribution in [2.24, 2.45) is 0 Å². The number of carbonyl (C=O) groups excluding carboxylic acids is 1. The summed E-state index contributed by atoms with van der Waals surface area (Å²) in [4.78, 5) is 23.7. The van der Waals surface area contributed by atoms with Crippen LogP contribution in [0.2, 0.25) is 5.28 Å². The summed E-state index contributed by atoms with van der Waals surface area (Å²) in [6.07, 6.45) is -5.50. The van der Waals surface area contributed by atoms with Crippen molar-refractivity contribution < 1.29 is 31.8 Å². The lowest BCUT2D eigenvalue weighted by Gasteiger charge is -2.41. The van der Waals surface area contributed by atoms with Crippen LogP contribution in [0.25, 0.3) is 10.9 Å². The molecule has 0 bridgehead atoms. The summed E-state index contributed by atoms with van der Waals surface area (Å²) in [5, 5.41) is -0.280. The quantitative estimate of drug-likeness (QED) is 0.367. The van der Waals surface area contributed by atoms with E-state index in [0.29, 0.717) is 0 Å². The lowest BCUT2D eigenvalue weighted by atomic mass is 10.1. The number of nitrogens with zero attached hydrogens (tertiary/aromatic N) is 4. The number of alkyl halides is 3. The van der Waals surface area contributed by atoms with E-state index in [9.17, 15) is 22.4 Å². The van der Waals surface area contributed by atoms with Gasteiger partial charge >= 0.3 is 12.5 Å². The van der Waals surface area contributed by atoms with Crippen molar-refractivity contribution in [2.75, 3.05) is 24.5 Å². The largest absolute Gasteiger partial charge is 0.573 e. The molecule has 1 fully saturated rings. The third kappa shape index (κ3) is 5.45. The third-order valence-corrected chi connectivity index (χ3v) is 5.48. The fraction of sp³-hybridized carbons (Fsp3) is 0.526. The van der Waals surface area contributed by atoms with Crippen molar-refractivity contribution >= 4 is 50.3 Å². The summed E-state index contributed by atoms with van der Waals surface area (Å²) in [5.74, 6) is -1.70. The van der Waals surface area contributed by atoms with Gasteiger partial charge in [0.1, 0.15) is 22.7 Å². The average molecular weight is 544 g/mol. The van der Waals surface area contributed by atoms with E-state index in [-0.39, 0.29) is 47.7 Å². The van der Waals surface area contributed by atoms with Gasteiger partial charge < -0.3 is 19.3 Å². The summed E-state index contributed by atoms with van der Waals surface area (Å²) in [6, 6.07) is 0.681. The first-order valence-corrected chi connectivity index (χ1v) is 10.7. The van der Waals surface area contributed by atoms with Crippen molar-refractivity contribution in [2.45, 2.75) is 45.7 Å². The SMILES string of the molecule is CC1CN(c2nc(Cl)nc3c(F)c(Br)c(OC(F)(F)F)cc23)CCN1C(=O)OC(C)(C)C. The number of hydrogen-bond acceptors (Lipinski definition) is 6. The number of anilines is 1. The van der Waals surface area contributed by atoms with Crippen molar-refractivity contribution in [3.63, 3.8) is 0 Å². The van der Waals surface area contributed by atoms with Gasteiger partial charge in [-0.1, -0.05) is 0 Å². The molecule has 1 atom stereocenters. The molecule has 0 aliphatic carbocycles. The Hall–Kier alpha value is -2.08. The Morgan fingerprint density at radius 2 is 1.91 bits per heavy atom. The van der Waals surface area contributed by atoms with Gasteiger partial charge in [-0.05, 0) is 61.3 Å². The van der Waals surface area contributed by atoms with Crippen LogP contribution in [0.15, 0.2) is 10.5 Å². The molecule has 3 rings (SSSR count). The van der Waals surface area contributed by atoms with E-state index in [1.165, 1.54) is 0 Å². The van der Waals surface area contributed by atoms with Crippen molar-refractivity contribution in [3.05, 3.63) is 21.6 Å². The summed E-state index contributed by atoms with van der Waals surface area (Å²) < 4.78 is 62.0. The highest BCUT2D eigenvalue weighted by Gasteiger charge is 2.35. The van der Waals surface area contributed by atoms with Gasteiger partial charge in [0.15, 0.2) is 5.82 Å². The molecule has 2 heterocycles. The van der Waals surface area contributed by atoms with Crippen molar-refractivity contribution in [3.8, 4) is 5.75 Å². The number of amides is 1. The fourth-order valence-corrected chi connectivity index (χ4v) is 3.87. The van der Waals surface area contributed by atoms with E-state index in [1.807, 2.05) is 0 Å². The first-order valence-electron chi connectivity index (χ1n) is 9.52. The lowest BCUT2D eigenvalue weighted by molar-refractivity contribution is -0.274. The molecule has 1 amide bonds. The second-order valence-electron chi connectivity index (χ2n) is 8.23. The van der Waals surface area contributed by atoms with Crippen LogP contribution < -0.4 is 9.64 Å². The highest BCUT2D eigenvalue weighted by atomic mass is 79.9. The second-order valence-corrected chi connectivity index (χ2v) is 9.36. The van der Waals surface area contributed by atoms with Crippen LogP contribution in [-0.4, -0.2) is 58.6 Å². The number of hydrogen-bond donors (Lipinski definition) is 0. The molecule has 0 saturated carbocycles. The number of piperazine rings is 1. The molecular formula is C19H20BrClF4N4O3. The Balaban J connectivity index is 1.98. The number of rotatable bonds is 2. The second kappa shape index (κ2) is 8.69.